The van der Waals surface area contributed by atoms with Gasteiger partial charge in [0.2, 0.25) is 11.8 Å². The molecule has 3 heterocycles. The Labute approximate surface area is 183 Å². The molecule has 30 heavy (non-hydrogen) atoms. The topological polar surface area (TPSA) is 52.7 Å². The summed E-state index contributed by atoms with van der Waals surface area (Å²) >= 11 is 1.77. The maximum atomic E-state index is 12.6. The number of nitrogens with one attached hydrogen (secondary N) is 1. The summed E-state index contributed by atoms with van der Waals surface area (Å²) in [7, 11) is 0. The van der Waals surface area contributed by atoms with E-state index in [9.17, 15) is 9.59 Å². The van der Waals surface area contributed by atoms with Crippen LogP contribution in [0.4, 0.5) is 5.69 Å². The highest BCUT2D eigenvalue weighted by molar-refractivity contribution is 7.10. The van der Waals surface area contributed by atoms with E-state index in [0.29, 0.717) is 19.4 Å². The Morgan fingerprint density at radius 1 is 1.17 bits per heavy atom. The lowest BCUT2D eigenvalue weighted by atomic mass is 9.97. The van der Waals surface area contributed by atoms with Crippen LogP contribution in [-0.4, -0.2) is 42.9 Å². The van der Waals surface area contributed by atoms with Crippen molar-refractivity contribution in [3.05, 3.63) is 52.2 Å². The molecular formula is C24H31N3O2S. The molecule has 1 aromatic heterocycles. The Bertz CT molecular complexity index is 842. The van der Waals surface area contributed by atoms with Gasteiger partial charge in [0.05, 0.1) is 12.5 Å². The smallest absolute Gasteiger partial charge is 0.227 e. The van der Waals surface area contributed by atoms with Crippen molar-refractivity contribution in [3.63, 3.8) is 0 Å². The lowest BCUT2D eigenvalue weighted by molar-refractivity contribution is -0.120. The fraction of sp³-hybridized carbons (Fsp3) is 0.500. The first kappa shape index (κ1) is 21.1. The van der Waals surface area contributed by atoms with Crippen molar-refractivity contribution in [3.8, 4) is 0 Å². The minimum atomic E-state index is 0.0481. The van der Waals surface area contributed by atoms with Crippen molar-refractivity contribution in [1.29, 1.82) is 0 Å². The number of nitrogens with zero attached hydrogens (tertiary/aromatic N) is 2. The summed E-state index contributed by atoms with van der Waals surface area (Å²) in [5.74, 6) is 1.03. The molecule has 1 aromatic carbocycles. The standard InChI is InChI=1S/C24H31N3O2S/c1-18-10-13-26(14-11-18)21(22-4-3-15-30-22)17-25-23(28)16-19-6-8-20(9-7-19)27-12-2-5-24(27)29/h3-4,6-9,15,18,21H,2,5,10-14,16-17H2,1H3,(H,25,28)/t21-/m1/s1. The Morgan fingerprint density at radius 3 is 2.57 bits per heavy atom. The Balaban J connectivity index is 1.33. The third kappa shape index (κ3) is 5.10. The van der Waals surface area contributed by atoms with Crippen molar-refractivity contribution in [2.45, 2.75) is 45.1 Å². The van der Waals surface area contributed by atoms with Gasteiger partial charge < -0.3 is 10.2 Å². The van der Waals surface area contributed by atoms with Gasteiger partial charge in [-0.05, 0) is 67.4 Å². The first-order valence-corrected chi connectivity index (χ1v) is 11.9. The molecule has 1 atom stereocenters. The maximum Gasteiger partial charge on any atom is 0.227 e. The molecule has 2 aliphatic heterocycles. The first-order valence-electron chi connectivity index (χ1n) is 11.0. The fourth-order valence-electron chi connectivity index (χ4n) is 4.40. The highest BCUT2D eigenvalue weighted by Crippen LogP contribution is 2.29. The number of amides is 2. The summed E-state index contributed by atoms with van der Waals surface area (Å²) < 4.78 is 0. The summed E-state index contributed by atoms with van der Waals surface area (Å²) in [6.07, 6.45) is 4.36. The second kappa shape index (κ2) is 9.75. The quantitative estimate of drug-likeness (QED) is 0.729. The minimum Gasteiger partial charge on any atom is -0.354 e. The summed E-state index contributed by atoms with van der Waals surface area (Å²) in [6.45, 7) is 5.95. The third-order valence-corrected chi connectivity index (χ3v) is 7.28. The SMILES string of the molecule is CC1CCN([C@H](CNC(=O)Cc2ccc(N3CCCC3=O)cc2)c2cccs2)CC1. The normalized spacial score (nSPS) is 19.2. The van der Waals surface area contributed by atoms with E-state index in [2.05, 4.69) is 34.7 Å². The van der Waals surface area contributed by atoms with E-state index in [1.807, 2.05) is 29.2 Å². The molecule has 5 nitrogen and oxygen atoms in total. The summed E-state index contributed by atoms with van der Waals surface area (Å²) in [4.78, 5) is 30.2. The number of rotatable bonds is 7. The van der Waals surface area contributed by atoms with Crippen LogP contribution in [0.25, 0.3) is 0 Å². The molecule has 2 amide bonds. The van der Waals surface area contributed by atoms with E-state index < -0.39 is 0 Å². The number of carbonyl (C=O) groups excluding carboxylic acids is 2. The molecule has 0 radical (unpaired) electrons. The molecular weight excluding hydrogens is 394 g/mol. The molecule has 4 rings (SSSR count). The van der Waals surface area contributed by atoms with Gasteiger partial charge in [-0.3, -0.25) is 14.5 Å². The Morgan fingerprint density at radius 2 is 1.93 bits per heavy atom. The molecule has 2 aliphatic rings. The number of likely N-dealkylation sites (tertiary alicyclic amines) is 1. The lowest BCUT2D eigenvalue weighted by Gasteiger charge is -2.36. The largest absolute Gasteiger partial charge is 0.354 e. The van der Waals surface area contributed by atoms with Gasteiger partial charge in [0.15, 0.2) is 0 Å². The van der Waals surface area contributed by atoms with Gasteiger partial charge in [0.1, 0.15) is 0 Å². The number of thiophene rings is 1. The lowest BCUT2D eigenvalue weighted by Crippen LogP contribution is -2.41. The average Bonchev–Trinajstić information content (AvgIpc) is 3.42. The highest BCUT2D eigenvalue weighted by Gasteiger charge is 2.26. The number of piperidine rings is 1. The highest BCUT2D eigenvalue weighted by atomic mass is 32.1. The van der Waals surface area contributed by atoms with Crippen molar-refractivity contribution in [1.82, 2.24) is 10.2 Å². The molecule has 2 aromatic rings. The number of anilines is 1. The van der Waals surface area contributed by atoms with Crippen LogP contribution in [0.2, 0.25) is 0 Å². The zero-order valence-electron chi connectivity index (χ0n) is 17.7. The predicted octanol–water partition coefficient (Wildman–Crippen LogP) is 4.01. The fourth-order valence-corrected chi connectivity index (χ4v) is 5.26. The van der Waals surface area contributed by atoms with E-state index in [1.165, 1.54) is 17.7 Å². The van der Waals surface area contributed by atoms with Gasteiger partial charge in [-0.25, -0.2) is 0 Å². The number of hydrogen-bond acceptors (Lipinski definition) is 4. The molecule has 0 saturated carbocycles. The van der Waals surface area contributed by atoms with Crippen LogP contribution >= 0.6 is 11.3 Å². The van der Waals surface area contributed by atoms with Crippen LogP contribution < -0.4 is 10.2 Å². The van der Waals surface area contributed by atoms with Gasteiger partial charge >= 0.3 is 0 Å². The monoisotopic (exact) mass is 425 g/mol. The van der Waals surface area contributed by atoms with Crippen LogP contribution in [0, 0.1) is 5.92 Å². The van der Waals surface area contributed by atoms with E-state index >= 15 is 0 Å². The Kier molecular flexibility index (Phi) is 6.85. The third-order valence-electron chi connectivity index (χ3n) is 6.31. The van der Waals surface area contributed by atoms with Crippen LogP contribution in [-0.2, 0) is 16.0 Å². The summed E-state index contributed by atoms with van der Waals surface area (Å²) in [6, 6.07) is 12.4. The molecule has 0 aliphatic carbocycles. The molecule has 6 heteroatoms. The van der Waals surface area contributed by atoms with Crippen LogP contribution in [0.15, 0.2) is 41.8 Å². The second-order valence-corrected chi connectivity index (χ2v) is 9.53. The zero-order valence-corrected chi connectivity index (χ0v) is 18.5. The zero-order chi connectivity index (χ0) is 20.9. The van der Waals surface area contributed by atoms with Crippen molar-refractivity contribution in [2.24, 2.45) is 5.92 Å². The van der Waals surface area contributed by atoms with Gasteiger partial charge in [0, 0.05) is 30.1 Å². The van der Waals surface area contributed by atoms with E-state index in [-0.39, 0.29) is 17.9 Å². The second-order valence-electron chi connectivity index (χ2n) is 8.55. The van der Waals surface area contributed by atoms with Crippen molar-refractivity contribution in [2.75, 3.05) is 31.1 Å². The van der Waals surface area contributed by atoms with Crippen molar-refractivity contribution < 1.29 is 9.59 Å². The first-order chi connectivity index (χ1) is 14.6. The predicted molar refractivity (Wildman–Crippen MR) is 122 cm³/mol. The van der Waals surface area contributed by atoms with E-state index in [4.69, 9.17) is 0 Å². The summed E-state index contributed by atoms with van der Waals surface area (Å²) in [5.41, 5.74) is 1.90. The van der Waals surface area contributed by atoms with Crippen LogP contribution in [0.3, 0.4) is 0 Å². The van der Waals surface area contributed by atoms with Gasteiger partial charge in [0.25, 0.3) is 0 Å². The van der Waals surface area contributed by atoms with Gasteiger partial charge in [-0.2, -0.15) is 0 Å². The van der Waals surface area contributed by atoms with E-state index in [0.717, 1.165) is 43.2 Å². The molecule has 0 bridgehead atoms. The van der Waals surface area contributed by atoms with Crippen molar-refractivity contribution >= 4 is 28.8 Å². The maximum absolute atomic E-state index is 12.6. The molecule has 160 valence electrons. The molecule has 1 N–H and O–H groups in total. The molecule has 2 fully saturated rings. The van der Waals surface area contributed by atoms with Gasteiger partial charge in [-0.15, -0.1) is 11.3 Å². The van der Waals surface area contributed by atoms with Crippen LogP contribution in [0.1, 0.15) is 49.1 Å². The molecule has 2 saturated heterocycles. The van der Waals surface area contributed by atoms with Gasteiger partial charge in [-0.1, -0.05) is 25.1 Å². The van der Waals surface area contributed by atoms with E-state index in [1.54, 1.807) is 11.3 Å². The Hall–Kier alpha value is -2.18. The average molecular weight is 426 g/mol. The number of benzene rings is 1. The molecule has 0 unspecified atom stereocenters. The summed E-state index contributed by atoms with van der Waals surface area (Å²) in [5, 5.41) is 5.28. The number of carbonyl (C=O) groups is 2. The molecule has 0 spiro atoms. The number of hydrogen-bond donors (Lipinski definition) is 1. The minimum absolute atomic E-state index is 0.0481. The van der Waals surface area contributed by atoms with Crippen LogP contribution in [0.5, 0.6) is 0 Å².